The van der Waals surface area contributed by atoms with Gasteiger partial charge >= 0.3 is 5.97 Å². The van der Waals surface area contributed by atoms with E-state index in [0.29, 0.717) is 6.42 Å². The van der Waals surface area contributed by atoms with Gasteiger partial charge in [0.1, 0.15) is 6.04 Å². The van der Waals surface area contributed by atoms with Crippen molar-refractivity contribution in [2.24, 2.45) is 0 Å². The van der Waals surface area contributed by atoms with Gasteiger partial charge in [0.05, 0.1) is 6.10 Å². The average molecular weight is 145 g/mol. The number of carboxylic acids is 1. The first kappa shape index (κ1) is 7.50. The maximum atomic E-state index is 10.3. The van der Waals surface area contributed by atoms with Crippen LogP contribution in [0.25, 0.3) is 0 Å². The molecule has 0 unspecified atom stereocenters. The third kappa shape index (κ3) is 1.27. The molecule has 1 aliphatic heterocycles. The number of nitrogens with one attached hydrogen (secondary N) is 1. The first-order valence-corrected chi connectivity index (χ1v) is 3.28. The lowest BCUT2D eigenvalue weighted by atomic mass is 10.1. The molecule has 0 saturated carbocycles. The number of aliphatic hydroxyl groups is 1. The third-order valence-electron chi connectivity index (χ3n) is 1.71. The van der Waals surface area contributed by atoms with Crippen LogP contribution >= 0.6 is 0 Å². The van der Waals surface area contributed by atoms with E-state index in [-0.39, 0.29) is 6.04 Å². The minimum Gasteiger partial charge on any atom is -0.480 e. The fourth-order valence-electron chi connectivity index (χ4n) is 1.22. The molecule has 1 rings (SSSR count). The molecule has 0 bridgehead atoms. The Morgan fingerprint density at radius 1 is 1.70 bits per heavy atom. The molecule has 0 aromatic carbocycles. The molecule has 0 aliphatic carbocycles. The third-order valence-corrected chi connectivity index (χ3v) is 1.71. The molecule has 10 heavy (non-hydrogen) atoms. The summed E-state index contributed by atoms with van der Waals surface area (Å²) in [5.41, 5.74) is 0. The number of carbonyl (C=O) groups is 1. The minimum atomic E-state index is -0.975. The molecular formula is C6H11NO3. The van der Waals surface area contributed by atoms with Gasteiger partial charge in [-0.05, 0) is 13.3 Å². The normalized spacial score (nSPS) is 40.0. The van der Waals surface area contributed by atoms with Gasteiger partial charge in [0, 0.05) is 6.04 Å². The van der Waals surface area contributed by atoms with E-state index in [1.807, 2.05) is 6.92 Å². The Morgan fingerprint density at radius 2 is 2.30 bits per heavy atom. The van der Waals surface area contributed by atoms with Crippen molar-refractivity contribution in [2.75, 3.05) is 0 Å². The summed E-state index contributed by atoms with van der Waals surface area (Å²) >= 11 is 0. The summed E-state index contributed by atoms with van der Waals surface area (Å²) < 4.78 is 0. The van der Waals surface area contributed by atoms with Crippen LogP contribution in [0.5, 0.6) is 0 Å². The van der Waals surface area contributed by atoms with Crippen LogP contribution in [-0.4, -0.2) is 34.4 Å². The Hall–Kier alpha value is -0.610. The lowest BCUT2D eigenvalue weighted by Crippen LogP contribution is -2.39. The zero-order chi connectivity index (χ0) is 7.72. The Kier molecular flexibility index (Phi) is 1.92. The largest absolute Gasteiger partial charge is 0.480 e. The van der Waals surface area contributed by atoms with Crippen LogP contribution in [-0.2, 0) is 4.79 Å². The van der Waals surface area contributed by atoms with Gasteiger partial charge in [-0.1, -0.05) is 0 Å². The van der Waals surface area contributed by atoms with Crippen LogP contribution in [0.2, 0.25) is 0 Å². The van der Waals surface area contributed by atoms with Gasteiger partial charge in [0.15, 0.2) is 0 Å². The van der Waals surface area contributed by atoms with Crippen molar-refractivity contribution < 1.29 is 15.0 Å². The van der Waals surface area contributed by atoms with Crippen LogP contribution < -0.4 is 5.32 Å². The van der Waals surface area contributed by atoms with Crippen LogP contribution in [0.4, 0.5) is 0 Å². The monoisotopic (exact) mass is 145 g/mol. The molecule has 3 N–H and O–H groups in total. The molecule has 4 heteroatoms. The highest BCUT2D eigenvalue weighted by Gasteiger charge is 2.34. The predicted molar refractivity (Wildman–Crippen MR) is 34.6 cm³/mol. The topological polar surface area (TPSA) is 69.6 Å². The maximum absolute atomic E-state index is 10.3. The number of rotatable bonds is 1. The molecule has 1 heterocycles. The summed E-state index contributed by atoms with van der Waals surface area (Å²) in [7, 11) is 0. The summed E-state index contributed by atoms with van der Waals surface area (Å²) in [6.45, 7) is 1.85. The number of aliphatic hydroxyl groups excluding tert-OH is 1. The molecule has 0 aromatic heterocycles. The van der Waals surface area contributed by atoms with Crippen LogP contribution in [0.15, 0.2) is 0 Å². The van der Waals surface area contributed by atoms with Crippen LogP contribution in [0.1, 0.15) is 13.3 Å². The van der Waals surface area contributed by atoms with Gasteiger partial charge < -0.3 is 10.2 Å². The number of hydrogen-bond donors (Lipinski definition) is 3. The highest BCUT2D eigenvalue weighted by molar-refractivity contribution is 5.74. The van der Waals surface area contributed by atoms with Gasteiger partial charge in [0.2, 0.25) is 0 Å². The van der Waals surface area contributed by atoms with E-state index in [1.54, 1.807) is 0 Å². The van der Waals surface area contributed by atoms with E-state index in [2.05, 4.69) is 5.32 Å². The van der Waals surface area contributed by atoms with E-state index in [1.165, 1.54) is 0 Å². The van der Waals surface area contributed by atoms with Crippen molar-refractivity contribution in [3.63, 3.8) is 0 Å². The summed E-state index contributed by atoms with van der Waals surface area (Å²) in [6, 6.07) is -0.661. The number of carboxylic acid groups (broad SMARTS) is 1. The van der Waals surface area contributed by atoms with Crippen molar-refractivity contribution in [3.05, 3.63) is 0 Å². The quantitative estimate of drug-likeness (QED) is 0.451. The van der Waals surface area contributed by atoms with E-state index in [0.717, 1.165) is 0 Å². The first-order valence-electron chi connectivity index (χ1n) is 3.28. The molecule has 0 radical (unpaired) electrons. The molecule has 0 amide bonds. The van der Waals surface area contributed by atoms with Crippen molar-refractivity contribution in [1.82, 2.24) is 5.32 Å². The summed E-state index contributed by atoms with van der Waals surface area (Å²) in [6.07, 6.45) is -0.204. The summed E-state index contributed by atoms with van der Waals surface area (Å²) in [5.74, 6) is -0.975. The van der Waals surface area contributed by atoms with Crippen molar-refractivity contribution in [3.8, 4) is 0 Å². The molecule has 3 atom stereocenters. The van der Waals surface area contributed by atoms with Gasteiger partial charge in [-0.15, -0.1) is 0 Å². The fourth-order valence-corrected chi connectivity index (χ4v) is 1.22. The predicted octanol–water partition coefficient (Wildman–Crippen LogP) is -0.818. The maximum Gasteiger partial charge on any atom is 0.323 e. The average Bonchev–Trinajstić information content (AvgIpc) is 2.10. The number of hydrogen-bond acceptors (Lipinski definition) is 3. The van der Waals surface area contributed by atoms with Gasteiger partial charge in [-0.25, -0.2) is 0 Å². The lowest BCUT2D eigenvalue weighted by Gasteiger charge is -2.07. The second-order valence-electron chi connectivity index (χ2n) is 2.69. The molecular weight excluding hydrogens is 134 g/mol. The molecule has 1 saturated heterocycles. The van der Waals surface area contributed by atoms with E-state index >= 15 is 0 Å². The Bertz CT molecular complexity index is 148. The van der Waals surface area contributed by atoms with Crippen molar-refractivity contribution in [1.29, 1.82) is 0 Å². The van der Waals surface area contributed by atoms with Crippen molar-refractivity contribution in [2.45, 2.75) is 31.5 Å². The van der Waals surface area contributed by atoms with Crippen LogP contribution in [0, 0.1) is 0 Å². The zero-order valence-corrected chi connectivity index (χ0v) is 5.74. The van der Waals surface area contributed by atoms with E-state index < -0.39 is 18.1 Å². The van der Waals surface area contributed by atoms with Crippen LogP contribution in [0.3, 0.4) is 0 Å². The molecule has 1 fully saturated rings. The smallest absolute Gasteiger partial charge is 0.323 e. The second kappa shape index (κ2) is 2.56. The Balaban J connectivity index is 2.54. The summed E-state index contributed by atoms with van der Waals surface area (Å²) in [4.78, 5) is 10.3. The molecule has 4 nitrogen and oxygen atoms in total. The number of aliphatic carboxylic acids is 1. The SMILES string of the molecule is C[C@H]1C[C@@H](O)[C@@H](C(=O)O)N1. The highest BCUT2D eigenvalue weighted by atomic mass is 16.4. The Morgan fingerprint density at radius 3 is 2.50 bits per heavy atom. The molecule has 1 aliphatic rings. The fraction of sp³-hybridized carbons (Fsp3) is 0.833. The van der Waals surface area contributed by atoms with E-state index in [4.69, 9.17) is 10.2 Å². The summed E-state index contributed by atoms with van der Waals surface area (Å²) in [5, 5.41) is 20.3. The molecule has 0 aromatic rings. The lowest BCUT2D eigenvalue weighted by molar-refractivity contribution is -0.141. The van der Waals surface area contributed by atoms with E-state index in [9.17, 15) is 4.79 Å². The van der Waals surface area contributed by atoms with Gasteiger partial charge in [-0.3, -0.25) is 10.1 Å². The highest BCUT2D eigenvalue weighted by Crippen LogP contribution is 2.12. The van der Waals surface area contributed by atoms with Gasteiger partial charge in [-0.2, -0.15) is 0 Å². The van der Waals surface area contributed by atoms with Gasteiger partial charge in [0.25, 0.3) is 0 Å². The Labute approximate surface area is 58.9 Å². The first-order chi connectivity index (χ1) is 4.61. The molecule has 0 spiro atoms. The van der Waals surface area contributed by atoms with Crippen molar-refractivity contribution >= 4 is 5.97 Å². The standard InChI is InChI=1S/C6H11NO3/c1-3-2-4(8)5(7-3)6(9)10/h3-5,7-8H,2H2,1H3,(H,9,10)/t3-,4+,5-/m0/s1. The zero-order valence-electron chi connectivity index (χ0n) is 5.74. The minimum absolute atomic E-state index is 0.107. The second-order valence-corrected chi connectivity index (χ2v) is 2.69. The molecule has 58 valence electrons.